The van der Waals surface area contributed by atoms with Crippen molar-refractivity contribution in [1.82, 2.24) is 0 Å². The van der Waals surface area contributed by atoms with Gasteiger partial charge < -0.3 is 14.6 Å². The minimum atomic E-state index is -0.852. The van der Waals surface area contributed by atoms with Crippen molar-refractivity contribution in [2.75, 3.05) is 19.1 Å². The van der Waals surface area contributed by atoms with Crippen LogP contribution in [0.5, 0.6) is 11.5 Å². The van der Waals surface area contributed by atoms with Crippen molar-refractivity contribution in [1.29, 1.82) is 0 Å². The average molecular weight is 429 g/mol. The first-order valence-electron chi connectivity index (χ1n) is 10.1. The second-order valence-corrected chi connectivity index (χ2v) is 7.43. The van der Waals surface area contributed by atoms with Gasteiger partial charge in [-0.05, 0) is 48.9 Å². The predicted molar refractivity (Wildman–Crippen MR) is 122 cm³/mol. The van der Waals surface area contributed by atoms with Gasteiger partial charge in [-0.1, -0.05) is 36.4 Å². The Morgan fingerprint density at radius 2 is 1.59 bits per heavy atom. The molecule has 3 aromatic carbocycles. The molecular weight excluding hydrogens is 406 g/mol. The molecule has 1 atom stereocenters. The summed E-state index contributed by atoms with van der Waals surface area (Å²) in [6.45, 7) is 1.81. The normalized spacial score (nSPS) is 17.5. The molecule has 0 aromatic heterocycles. The molecule has 4 rings (SSSR count). The zero-order valence-corrected chi connectivity index (χ0v) is 18.0. The molecule has 1 unspecified atom stereocenters. The predicted octanol–water partition coefficient (Wildman–Crippen LogP) is 4.64. The van der Waals surface area contributed by atoms with Crippen LogP contribution in [0.1, 0.15) is 22.7 Å². The molecule has 3 aromatic rings. The monoisotopic (exact) mass is 429 g/mol. The van der Waals surface area contributed by atoms with Gasteiger partial charge in [0, 0.05) is 16.8 Å². The Morgan fingerprint density at radius 1 is 0.906 bits per heavy atom. The number of hydrogen-bond acceptors (Lipinski definition) is 5. The number of ketones is 1. The number of aliphatic hydroxyl groups excluding tert-OH is 1. The summed E-state index contributed by atoms with van der Waals surface area (Å²) >= 11 is 0. The number of aliphatic hydroxyl groups is 1. The Kier molecular flexibility index (Phi) is 5.69. The summed E-state index contributed by atoms with van der Waals surface area (Å²) in [7, 11) is 3.09. The zero-order valence-electron chi connectivity index (χ0n) is 18.0. The van der Waals surface area contributed by atoms with Gasteiger partial charge in [-0.25, -0.2) is 0 Å². The minimum Gasteiger partial charge on any atom is -0.507 e. The molecule has 1 heterocycles. The van der Waals surface area contributed by atoms with E-state index < -0.39 is 17.7 Å². The first kappa shape index (κ1) is 21.2. The lowest BCUT2D eigenvalue weighted by Crippen LogP contribution is -2.29. The maximum Gasteiger partial charge on any atom is 0.300 e. The maximum atomic E-state index is 13.2. The fourth-order valence-electron chi connectivity index (χ4n) is 4.05. The van der Waals surface area contributed by atoms with Gasteiger partial charge >= 0.3 is 0 Å². The lowest BCUT2D eigenvalue weighted by molar-refractivity contribution is -0.132. The third kappa shape index (κ3) is 3.50. The van der Waals surface area contributed by atoms with Crippen molar-refractivity contribution >= 4 is 23.1 Å². The number of nitrogens with zero attached hydrogens (tertiary/aromatic N) is 1. The highest BCUT2D eigenvalue weighted by atomic mass is 16.5. The number of anilines is 1. The van der Waals surface area contributed by atoms with Gasteiger partial charge in [-0.2, -0.15) is 0 Å². The molecule has 6 nitrogen and oxygen atoms in total. The first-order valence-corrected chi connectivity index (χ1v) is 10.1. The number of carbonyl (C=O) groups is 2. The lowest BCUT2D eigenvalue weighted by Gasteiger charge is -2.26. The van der Waals surface area contributed by atoms with Crippen LogP contribution in [0.3, 0.4) is 0 Å². The van der Waals surface area contributed by atoms with E-state index in [9.17, 15) is 14.7 Å². The molecular formula is C26H23NO5. The highest BCUT2D eigenvalue weighted by molar-refractivity contribution is 6.51. The summed E-state index contributed by atoms with van der Waals surface area (Å²) in [6.07, 6.45) is 0. The molecule has 1 saturated heterocycles. The van der Waals surface area contributed by atoms with Crippen molar-refractivity contribution in [3.63, 3.8) is 0 Å². The summed E-state index contributed by atoms with van der Waals surface area (Å²) in [4.78, 5) is 27.8. The quantitative estimate of drug-likeness (QED) is 0.363. The van der Waals surface area contributed by atoms with Crippen LogP contribution in [0.4, 0.5) is 5.69 Å². The lowest BCUT2D eigenvalue weighted by atomic mass is 9.93. The fraction of sp³-hybridized carbons (Fsp3) is 0.154. The summed E-state index contributed by atoms with van der Waals surface area (Å²) in [5, 5.41) is 11.3. The van der Waals surface area contributed by atoms with Gasteiger partial charge in [-0.15, -0.1) is 0 Å². The number of ether oxygens (including phenoxy) is 2. The number of carbonyl (C=O) groups excluding carboxylic acids is 2. The average Bonchev–Trinajstić information content (AvgIpc) is 3.09. The number of Topliss-reactive ketones (excluding diaryl/α,β-unsaturated/α-hetero) is 1. The zero-order chi connectivity index (χ0) is 22.8. The SMILES string of the molecule is COc1ccc(/C(O)=C2\C(=O)C(=O)N(c3ccccc3)C2c2ccccc2OC)c(C)c1. The van der Waals surface area contributed by atoms with Crippen molar-refractivity contribution in [3.8, 4) is 11.5 Å². The molecule has 0 radical (unpaired) electrons. The summed E-state index contributed by atoms with van der Waals surface area (Å²) in [5.74, 6) is -0.558. The third-order valence-corrected chi connectivity index (χ3v) is 5.60. The maximum absolute atomic E-state index is 13.2. The largest absolute Gasteiger partial charge is 0.507 e. The Labute approximate surface area is 186 Å². The van der Waals surface area contributed by atoms with Crippen molar-refractivity contribution in [2.24, 2.45) is 0 Å². The number of amides is 1. The van der Waals surface area contributed by atoms with E-state index >= 15 is 0 Å². The first-order chi connectivity index (χ1) is 15.5. The molecule has 6 heteroatoms. The van der Waals surface area contributed by atoms with E-state index in [1.807, 2.05) is 25.1 Å². The Bertz CT molecular complexity index is 1220. The van der Waals surface area contributed by atoms with Crippen LogP contribution in [-0.2, 0) is 9.59 Å². The van der Waals surface area contributed by atoms with Crippen molar-refractivity contribution in [3.05, 3.63) is 95.1 Å². The highest BCUT2D eigenvalue weighted by Crippen LogP contribution is 2.45. The topological polar surface area (TPSA) is 76.1 Å². The van der Waals surface area contributed by atoms with Crippen LogP contribution in [0, 0.1) is 6.92 Å². The molecule has 1 aliphatic heterocycles. The van der Waals surface area contributed by atoms with E-state index in [2.05, 4.69) is 0 Å². The summed E-state index contributed by atoms with van der Waals surface area (Å²) in [6, 6.07) is 20.4. The van der Waals surface area contributed by atoms with Gasteiger partial charge in [0.25, 0.3) is 11.7 Å². The molecule has 1 N–H and O–H groups in total. The molecule has 1 aliphatic rings. The van der Waals surface area contributed by atoms with E-state index in [1.165, 1.54) is 12.0 Å². The van der Waals surface area contributed by atoms with Crippen LogP contribution in [0.2, 0.25) is 0 Å². The number of aryl methyl sites for hydroxylation is 1. The molecule has 162 valence electrons. The Morgan fingerprint density at radius 3 is 2.25 bits per heavy atom. The fourth-order valence-corrected chi connectivity index (χ4v) is 4.05. The van der Waals surface area contributed by atoms with E-state index in [0.717, 1.165) is 0 Å². The van der Waals surface area contributed by atoms with Gasteiger partial charge in [0.05, 0.1) is 25.8 Å². The highest BCUT2D eigenvalue weighted by Gasteiger charge is 2.47. The standard InChI is InChI=1S/C26H23NO5/c1-16-15-18(31-2)13-14-19(16)24(28)22-23(20-11-7-8-12-21(20)32-3)27(26(30)25(22)29)17-9-5-4-6-10-17/h4-15,23,28H,1-3H3/b24-22+. The van der Waals surface area contributed by atoms with E-state index in [0.29, 0.717) is 33.9 Å². The van der Waals surface area contributed by atoms with Crippen LogP contribution in [-0.4, -0.2) is 31.0 Å². The van der Waals surface area contributed by atoms with Crippen molar-refractivity contribution < 1.29 is 24.2 Å². The van der Waals surface area contributed by atoms with Crippen LogP contribution in [0.15, 0.2) is 78.4 Å². The van der Waals surface area contributed by atoms with Crippen molar-refractivity contribution in [2.45, 2.75) is 13.0 Å². The second kappa shape index (κ2) is 8.59. The van der Waals surface area contributed by atoms with Crippen LogP contribution in [0.25, 0.3) is 5.76 Å². The third-order valence-electron chi connectivity index (χ3n) is 5.60. The van der Waals surface area contributed by atoms with Crippen LogP contribution >= 0.6 is 0 Å². The number of benzene rings is 3. The molecule has 1 fully saturated rings. The summed E-state index contributed by atoms with van der Waals surface area (Å²) < 4.78 is 10.8. The molecule has 1 amide bonds. The summed E-state index contributed by atoms with van der Waals surface area (Å²) in [5.41, 5.74) is 2.33. The molecule has 0 spiro atoms. The van der Waals surface area contributed by atoms with Gasteiger partial charge in [0.2, 0.25) is 0 Å². The second-order valence-electron chi connectivity index (χ2n) is 7.43. The number of methoxy groups -OCH3 is 2. The number of para-hydroxylation sites is 2. The minimum absolute atomic E-state index is 0.0108. The number of rotatable bonds is 5. The van der Waals surface area contributed by atoms with E-state index in [-0.39, 0.29) is 11.3 Å². The Balaban J connectivity index is 1.99. The Hall–Kier alpha value is -4.06. The molecule has 32 heavy (non-hydrogen) atoms. The van der Waals surface area contributed by atoms with Crippen LogP contribution < -0.4 is 14.4 Å². The number of hydrogen-bond donors (Lipinski definition) is 1. The molecule has 0 bridgehead atoms. The van der Waals surface area contributed by atoms with Gasteiger partial charge in [-0.3, -0.25) is 14.5 Å². The van der Waals surface area contributed by atoms with E-state index in [1.54, 1.807) is 61.7 Å². The molecule has 0 aliphatic carbocycles. The van der Waals surface area contributed by atoms with Gasteiger partial charge in [0.15, 0.2) is 0 Å². The smallest absolute Gasteiger partial charge is 0.300 e. The molecule has 0 saturated carbocycles. The van der Waals surface area contributed by atoms with E-state index in [4.69, 9.17) is 9.47 Å². The van der Waals surface area contributed by atoms with Gasteiger partial charge in [0.1, 0.15) is 17.3 Å².